The van der Waals surface area contributed by atoms with Gasteiger partial charge in [-0.1, -0.05) is 0 Å². The number of carbonyl (C=O) groups excluding carboxylic acids is 1. The Morgan fingerprint density at radius 1 is 1.47 bits per heavy atom. The van der Waals surface area contributed by atoms with E-state index in [4.69, 9.17) is 4.74 Å². The SMILES string of the molecule is CCOC(=O)c1nc(N(C)CCC(F)(F)F)sc1C. The minimum atomic E-state index is -4.20. The third-order valence-electron chi connectivity index (χ3n) is 2.31. The molecule has 1 rings (SSSR count). The molecule has 4 nitrogen and oxygen atoms in total. The van der Waals surface area contributed by atoms with E-state index < -0.39 is 18.6 Å². The number of aryl methyl sites for hydroxylation is 1. The number of nitrogens with zero attached hydrogens (tertiary/aromatic N) is 2. The number of alkyl halides is 3. The molecule has 0 N–H and O–H groups in total. The van der Waals surface area contributed by atoms with Gasteiger partial charge in [0, 0.05) is 18.5 Å². The predicted molar refractivity (Wildman–Crippen MR) is 66.7 cm³/mol. The van der Waals surface area contributed by atoms with E-state index in [0.717, 1.165) is 0 Å². The molecule has 0 aromatic carbocycles. The Morgan fingerprint density at radius 2 is 2.11 bits per heavy atom. The lowest BCUT2D eigenvalue weighted by Gasteiger charge is -2.16. The highest BCUT2D eigenvalue weighted by molar-refractivity contribution is 7.15. The number of anilines is 1. The van der Waals surface area contributed by atoms with Gasteiger partial charge in [-0.3, -0.25) is 0 Å². The van der Waals surface area contributed by atoms with Crippen LogP contribution in [0.15, 0.2) is 0 Å². The van der Waals surface area contributed by atoms with Gasteiger partial charge >= 0.3 is 12.1 Å². The minimum absolute atomic E-state index is 0.167. The molecule has 0 radical (unpaired) electrons. The number of carbonyl (C=O) groups is 1. The smallest absolute Gasteiger partial charge is 0.390 e. The van der Waals surface area contributed by atoms with Crippen molar-refractivity contribution in [2.75, 3.05) is 25.1 Å². The van der Waals surface area contributed by atoms with Gasteiger partial charge in [-0.2, -0.15) is 13.2 Å². The molecule has 108 valence electrons. The van der Waals surface area contributed by atoms with Crippen molar-refractivity contribution in [1.82, 2.24) is 4.98 Å². The van der Waals surface area contributed by atoms with Gasteiger partial charge in [-0.15, -0.1) is 11.3 Å². The summed E-state index contributed by atoms with van der Waals surface area (Å²) in [6.45, 7) is 3.40. The van der Waals surface area contributed by atoms with Crippen LogP contribution in [0.2, 0.25) is 0 Å². The lowest BCUT2D eigenvalue weighted by Crippen LogP contribution is -2.24. The van der Waals surface area contributed by atoms with Crippen LogP contribution in [0.4, 0.5) is 18.3 Å². The molecule has 19 heavy (non-hydrogen) atoms. The van der Waals surface area contributed by atoms with E-state index in [-0.39, 0.29) is 18.8 Å². The van der Waals surface area contributed by atoms with Crippen LogP contribution in [0.5, 0.6) is 0 Å². The largest absolute Gasteiger partial charge is 0.461 e. The average Bonchev–Trinajstić information content (AvgIpc) is 2.67. The number of hydrogen-bond donors (Lipinski definition) is 0. The van der Waals surface area contributed by atoms with Gasteiger partial charge in [0.2, 0.25) is 0 Å². The first kappa shape index (κ1) is 15.7. The van der Waals surface area contributed by atoms with E-state index in [1.807, 2.05) is 0 Å². The van der Waals surface area contributed by atoms with Crippen LogP contribution in [0.1, 0.15) is 28.7 Å². The molecule has 0 fully saturated rings. The summed E-state index contributed by atoms with van der Waals surface area (Å²) in [5.41, 5.74) is 0.167. The van der Waals surface area contributed by atoms with Crippen molar-refractivity contribution in [3.8, 4) is 0 Å². The summed E-state index contributed by atoms with van der Waals surface area (Å²) < 4.78 is 41.2. The number of hydrogen-bond acceptors (Lipinski definition) is 5. The second kappa shape index (κ2) is 6.23. The molecule has 0 amide bonds. The van der Waals surface area contributed by atoms with Crippen molar-refractivity contribution >= 4 is 22.4 Å². The Kier molecular flexibility index (Phi) is 5.16. The lowest BCUT2D eigenvalue weighted by atomic mass is 10.4. The summed E-state index contributed by atoms with van der Waals surface area (Å²) in [6.07, 6.45) is -5.12. The average molecular weight is 296 g/mol. The molecule has 0 saturated heterocycles. The van der Waals surface area contributed by atoms with Crippen LogP contribution in [0.3, 0.4) is 0 Å². The molecule has 0 aliphatic carbocycles. The van der Waals surface area contributed by atoms with E-state index in [9.17, 15) is 18.0 Å². The van der Waals surface area contributed by atoms with Crippen molar-refractivity contribution in [2.24, 2.45) is 0 Å². The molecule has 0 spiro atoms. The third kappa shape index (κ3) is 4.70. The van der Waals surface area contributed by atoms with Gasteiger partial charge in [-0.05, 0) is 13.8 Å². The van der Waals surface area contributed by atoms with Gasteiger partial charge in [-0.25, -0.2) is 9.78 Å². The topological polar surface area (TPSA) is 42.4 Å². The minimum Gasteiger partial charge on any atom is -0.461 e. The zero-order chi connectivity index (χ0) is 14.6. The van der Waals surface area contributed by atoms with E-state index in [1.54, 1.807) is 13.8 Å². The normalized spacial score (nSPS) is 11.5. The molecule has 0 unspecified atom stereocenters. The van der Waals surface area contributed by atoms with E-state index in [1.165, 1.54) is 23.3 Å². The first-order chi connectivity index (χ1) is 8.74. The maximum Gasteiger partial charge on any atom is 0.390 e. The monoisotopic (exact) mass is 296 g/mol. The van der Waals surface area contributed by atoms with Crippen molar-refractivity contribution in [2.45, 2.75) is 26.4 Å². The second-order valence-corrected chi connectivity index (χ2v) is 5.09. The third-order valence-corrected chi connectivity index (χ3v) is 3.40. The molecular weight excluding hydrogens is 281 g/mol. The number of esters is 1. The predicted octanol–water partition coefficient (Wildman–Crippen LogP) is 3.02. The van der Waals surface area contributed by atoms with Crippen LogP contribution in [-0.2, 0) is 4.74 Å². The maximum atomic E-state index is 12.1. The number of halogens is 3. The number of ether oxygens (including phenoxy) is 1. The Bertz CT molecular complexity index is 446. The molecule has 0 aliphatic rings. The Labute approximate surface area is 113 Å². The second-order valence-electron chi connectivity index (χ2n) is 3.91. The fraction of sp³-hybridized carbons (Fsp3) is 0.636. The van der Waals surface area contributed by atoms with Gasteiger partial charge in [0.1, 0.15) is 0 Å². The molecular formula is C11H15F3N2O2S. The van der Waals surface area contributed by atoms with Crippen molar-refractivity contribution < 1.29 is 22.7 Å². The van der Waals surface area contributed by atoms with Crippen LogP contribution >= 0.6 is 11.3 Å². The quantitative estimate of drug-likeness (QED) is 0.783. The van der Waals surface area contributed by atoms with Gasteiger partial charge in [0.15, 0.2) is 10.8 Å². The molecule has 0 bridgehead atoms. The van der Waals surface area contributed by atoms with Gasteiger partial charge in [0.05, 0.1) is 13.0 Å². The van der Waals surface area contributed by atoms with Crippen LogP contribution in [0.25, 0.3) is 0 Å². The highest BCUT2D eigenvalue weighted by Crippen LogP contribution is 2.27. The Morgan fingerprint density at radius 3 is 2.63 bits per heavy atom. The fourth-order valence-electron chi connectivity index (χ4n) is 1.32. The number of rotatable bonds is 5. The first-order valence-corrected chi connectivity index (χ1v) is 6.48. The molecule has 1 aromatic rings. The van der Waals surface area contributed by atoms with Crippen LogP contribution in [0, 0.1) is 6.92 Å². The van der Waals surface area contributed by atoms with Crippen LogP contribution in [-0.4, -0.2) is 37.3 Å². The van der Waals surface area contributed by atoms with Crippen molar-refractivity contribution in [3.05, 3.63) is 10.6 Å². The Balaban J connectivity index is 2.74. The summed E-state index contributed by atoms with van der Waals surface area (Å²) in [5.74, 6) is -0.549. The van der Waals surface area contributed by atoms with E-state index in [0.29, 0.717) is 10.0 Å². The molecule has 0 aliphatic heterocycles. The summed E-state index contributed by atoms with van der Waals surface area (Å²) in [6, 6.07) is 0. The lowest BCUT2D eigenvalue weighted by molar-refractivity contribution is -0.132. The van der Waals surface area contributed by atoms with Crippen LogP contribution < -0.4 is 4.90 Å². The Hall–Kier alpha value is -1.31. The van der Waals surface area contributed by atoms with Gasteiger partial charge < -0.3 is 9.64 Å². The summed E-state index contributed by atoms with van der Waals surface area (Å²) in [5, 5.41) is 0.379. The summed E-state index contributed by atoms with van der Waals surface area (Å²) in [4.78, 5) is 17.6. The number of aromatic nitrogens is 1. The number of thiazole rings is 1. The van der Waals surface area contributed by atoms with Gasteiger partial charge in [0.25, 0.3) is 0 Å². The zero-order valence-corrected chi connectivity index (χ0v) is 11.7. The van der Waals surface area contributed by atoms with E-state index in [2.05, 4.69) is 4.98 Å². The van der Waals surface area contributed by atoms with E-state index >= 15 is 0 Å². The summed E-state index contributed by atoms with van der Waals surface area (Å²) in [7, 11) is 1.51. The van der Waals surface area contributed by atoms with Crippen molar-refractivity contribution in [1.29, 1.82) is 0 Å². The molecule has 0 atom stereocenters. The molecule has 0 saturated carbocycles. The fourth-order valence-corrected chi connectivity index (χ4v) is 2.21. The molecule has 8 heteroatoms. The highest BCUT2D eigenvalue weighted by Gasteiger charge is 2.28. The molecule has 1 aromatic heterocycles. The highest BCUT2D eigenvalue weighted by atomic mass is 32.1. The first-order valence-electron chi connectivity index (χ1n) is 5.67. The maximum absolute atomic E-state index is 12.1. The summed E-state index contributed by atoms with van der Waals surface area (Å²) >= 11 is 1.17. The molecule has 1 heterocycles. The van der Waals surface area contributed by atoms with Crippen molar-refractivity contribution in [3.63, 3.8) is 0 Å². The zero-order valence-electron chi connectivity index (χ0n) is 10.9. The standard InChI is InChI=1S/C11H15F3N2O2S/c1-4-18-9(17)8-7(2)19-10(15-8)16(3)6-5-11(12,13)14/h4-6H2,1-3H3.